The van der Waals surface area contributed by atoms with Crippen LogP contribution in [0.2, 0.25) is 0 Å². The van der Waals surface area contributed by atoms with E-state index in [1.54, 1.807) is 72.8 Å². The molecule has 4 aromatic carbocycles. The van der Waals surface area contributed by atoms with Crippen molar-refractivity contribution < 1.29 is 26.0 Å². The van der Waals surface area contributed by atoms with Crippen molar-refractivity contribution >= 4 is 9.84 Å². The van der Waals surface area contributed by atoms with Crippen molar-refractivity contribution in [1.29, 1.82) is 0 Å². The summed E-state index contributed by atoms with van der Waals surface area (Å²) in [6, 6.07) is 28.5. The Balaban J connectivity index is 1.77. The summed E-state index contributed by atoms with van der Waals surface area (Å²) < 4.78 is 74.6. The molecule has 8 heteroatoms. The van der Waals surface area contributed by atoms with E-state index in [0.29, 0.717) is 11.1 Å². The molecular weight excluding hydrogens is 511 g/mol. The number of hydrogen-bond acceptors (Lipinski definition) is 4. The molecule has 1 aromatic heterocycles. The number of aromatic nitrogens is 1. The molecule has 0 saturated carbocycles. The van der Waals surface area contributed by atoms with Gasteiger partial charge in [0.2, 0.25) is 5.89 Å². The van der Waals surface area contributed by atoms with Crippen molar-refractivity contribution in [2.45, 2.75) is 23.2 Å². The fourth-order valence-electron chi connectivity index (χ4n) is 4.23. The highest BCUT2D eigenvalue weighted by molar-refractivity contribution is 7.91. The van der Waals surface area contributed by atoms with E-state index in [1.807, 2.05) is 6.92 Å². The van der Waals surface area contributed by atoms with Gasteiger partial charge in [0, 0.05) is 11.1 Å². The van der Waals surface area contributed by atoms with E-state index in [4.69, 9.17) is 4.42 Å². The van der Waals surface area contributed by atoms with E-state index in [1.165, 1.54) is 24.3 Å². The molecular formula is C30H22F3NO3S. The first-order valence-corrected chi connectivity index (χ1v) is 13.3. The van der Waals surface area contributed by atoms with Crippen LogP contribution in [0.25, 0.3) is 22.7 Å². The molecule has 0 aliphatic heterocycles. The smallest absolute Gasteiger partial charge is 0.416 e. The minimum absolute atomic E-state index is 0.0235. The van der Waals surface area contributed by atoms with Crippen LogP contribution in [-0.2, 0) is 16.0 Å². The summed E-state index contributed by atoms with van der Waals surface area (Å²) in [6.07, 6.45) is -4.56. The zero-order valence-electron chi connectivity index (χ0n) is 20.2. The monoisotopic (exact) mass is 533 g/mol. The standard InChI is InChI=1S/C30H22F3NO3S/c1-20-15-17-25(18-16-20)38(35,36)28(22-11-6-3-7-12-22)27-26(21-9-4-2-5-10-21)34-29(37-27)23-13-8-14-24(19-23)30(31,32)33/h2-19,28H,1H3. The lowest BCUT2D eigenvalue weighted by Gasteiger charge is -2.18. The van der Waals surface area contributed by atoms with Crippen molar-refractivity contribution in [1.82, 2.24) is 4.98 Å². The van der Waals surface area contributed by atoms with Gasteiger partial charge >= 0.3 is 6.18 Å². The Bertz CT molecular complexity index is 1660. The van der Waals surface area contributed by atoms with Crippen LogP contribution in [0.3, 0.4) is 0 Å². The number of rotatable bonds is 6. The number of oxazole rings is 1. The van der Waals surface area contributed by atoms with Crippen LogP contribution in [0.4, 0.5) is 13.2 Å². The molecule has 0 N–H and O–H groups in total. The van der Waals surface area contributed by atoms with Gasteiger partial charge in [0.05, 0.1) is 10.5 Å². The summed E-state index contributed by atoms with van der Waals surface area (Å²) in [4.78, 5) is 4.63. The second-order valence-corrected chi connectivity index (χ2v) is 10.9. The summed E-state index contributed by atoms with van der Waals surface area (Å²) in [5, 5.41) is -1.30. The average molecular weight is 534 g/mol. The summed E-state index contributed by atoms with van der Waals surface area (Å²) >= 11 is 0. The number of aryl methyl sites for hydroxylation is 1. The van der Waals surface area contributed by atoms with Gasteiger partial charge in [-0.2, -0.15) is 13.2 Å². The molecule has 0 fully saturated rings. The Morgan fingerprint density at radius 2 is 1.37 bits per heavy atom. The van der Waals surface area contributed by atoms with Crippen LogP contribution in [0.5, 0.6) is 0 Å². The predicted octanol–water partition coefficient (Wildman–Crippen LogP) is 7.90. The van der Waals surface area contributed by atoms with E-state index < -0.39 is 26.8 Å². The summed E-state index contributed by atoms with van der Waals surface area (Å²) in [5.74, 6) is -0.0830. The maximum Gasteiger partial charge on any atom is 0.416 e. The summed E-state index contributed by atoms with van der Waals surface area (Å²) in [5.41, 5.74) is 1.38. The lowest BCUT2D eigenvalue weighted by Crippen LogP contribution is -2.15. The second kappa shape index (κ2) is 9.95. The van der Waals surface area contributed by atoms with Gasteiger partial charge in [-0.05, 0) is 42.8 Å². The van der Waals surface area contributed by atoms with E-state index >= 15 is 0 Å². The molecule has 192 valence electrons. The lowest BCUT2D eigenvalue weighted by atomic mass is 10.0. The van der Waals surface area contributed by atoms with Crippen LogP contribution in [0.1, 0.15) is 27.7 Å². The van der Waals surface area contributed by atoms with E-state index in [0.717, 1.165) is 17.7 Å². The van der Waals surface area contributed by atoms with Crippen molar-refractivity contribution in [2.75, 3.05) is 0 Å². The van der Waals surface area contributed by atoms with E-state index in [9.17, 15) is 21.6 Å². The summed E-state index contributed by atoms with van der Waals surface area (Å²) in [6.45, 7) is 1.86. The second-order valence-electron chi connectivity index (χ2n) is 8.83. The first-order valence-electron chi connectivity index (χ1n) is 11.7. The molecule has 0 spiro atoms. The third kappa shape index (κ3) is 4.99. The molecule has 0 saturated heterocycles. The maximum atomic E-state index is 14.1. The first kappa shape index (κ1) is 25.5. The van der Waals surface area contributed by atoms with Gasteiger partial charge in [-0.15, -0.1) is 0 Å². The fraction of sp³-hybridized carbons (Fsp3) is 0.100. The van der Waals surface area contributed by atoms with Crippen molar-refractivity contribution in [3.05, 3.63) is 132 Å². The third-order valence-corrected chi connectivity index (χ3v) is 8.17. The minimum atomic E-state index is -4.56. The molecule has 0 bridgehead atoms. The van der Waals surface area contributed by atoms with Gasteiger partial charge < -0.3 is 4.42 Å². The molecule has 4 nitrogen and oxygen atoms in total. The molecule has 0 amide bonds. The highest BCUT2D eigenvalue weighted by atomic mass is 32.2. The Morgan fingerprint density at radius 1 is 0.763 bits per heavy atom. The van der Waals surface area contributed by atoms with Gasteiger partial charge in [-0.3, -0.25) is 0 Å². The molecule has 1 atom stereocenters. The van der Waals surface area contributed by atoms with Crippen molar-refractivity contribution in [3.63, 3.8) is 0 Å². The fourth-order valence-corrected chi connectivity index (χ4v) is 5.97. The van der Waals surface area contributed by atoms with Crippen LogP contribution in [-0.4, -0.2) is 13.4 Å². The predicted molar refractivity (Wildman–Crippen MR) is 139 cm³/mol. The van der Waals surface area contributed by atoms with E-state index in [2.05, 4.69) is 4.98 Å². The topological polar surface area (TPSA) is 60.2 Å². The first-order chi connectivity index (χ1) is 18.1. The lowest BCUT2D eigenvalue weighted by molar-refractivity contribution is -0.137. The van der Waals surface area contributed by atoms with Crippen molar-refractivity contribution in [2.24, 2.45) is 0 Å². The Labute approximate surface area is 218 Å². The van der Waals surface area contributed by atoms with Gasteiger partial charge in [0.1, 0.15) is 5.69 Å². The molecule has 0 aliphatic rings. The molecule has 38 heavy (non-hydrogen) atoms. The molecule has 1 heterocycles. The Morgan fingerprint density at radius 3 is 2.00 bits per heavy atom. The van der Waals surface area contributed by atoms with Crippen LogP contribution in [0, 0.1) is 6.92 Å². The molecule has 5 aromatic rings. The largest absolute Gasteiger partial charge is 0.439 e. The van der Waals surface area contributed by atoms with Gasteiger partial charge in [-0.1, -0.05) is 84.4 Å². The Kier molecular flexibility index (Phi) is 6.67. The van der Waals surface area contributed by atoms with Crippen LogP contribution >= 0.6 is 0 Å². The number of benzene rings is 4. The van der Waals surface area contributed by atoms with Gasteiger partial charge in [-0.25, -0.2) is 13.4 Å². The highest BCUT2D eigenvalue weighted by Gasteiger charge is 2.37. The normalized spacial score (nSPS) is 12.8. The number of halogens is 3. The molecule has 0 radical (unpaired) electrons. The molecule has 0 aliphatic carbocycles. The number of sulfone groups is 1. The SMILES string of the molecule is Cc1ccc(S(=O)(=O)C(c2ccccc2)c2oc(-c3cccc(C(F)(F)F)c3)nc2-c2ccccc2)cc1. The minimum Gasteiger partial charge on any atom is -0.439 e. The Hall–Kier alpha value is -4.17. The maximum absolute atomic E-state index is 14.1. The van der Waals surface area contributed by atoms with Crippen molar-refractivity contribution in [3.8, 4) is 22.7 Å². The highest BCUT2D eigenvalue weighted by Crippen LogP contribution is 2.42. The number of nitrogens with zero attached hydrogens (tertiary/aromatic N) is 1. The van der Waals surface area contributed by atoms with Crippen LogP contribution in [0.15, 0.2) is 119 Å². The van der Waals surface area contributed by atoms with Crippen LogP contribution < -0.4 is 0 Å². The third-order valence-electron chi connectivity index (χ3n) is 6.14. The molecule has 1 unspecified atom stereocenters. The zero-order valence-corrected chi connectivity index (χ0v) is 21.0. The zero-order chi connectivity index (χ0) is 26.9. The van der Waals surface area contributed by atoms with Gasteiger partial charge in [0.15, 0.2) is 20.8 Å². The van der Waals surface area contributed by atoms with E-state index in [-0.39, 0.29) is 27.8 Å². The average Bonchev–Trinajstić information content (AvgIpc) is 3.34. The number of hydrogen-bond donors (Lipinski definition) is 0. The number of alkyl halides is 3. The molecule has 5 rings (SSSR count). The summed E-state index contributed by atoms with van der Waals surface area (Å²) in [7, 11) is -4.07. The quantitative estimate of drug-likeness (QED) is 0.223. The van der Waals surface area contributed by atoms with Gasteiger partial charge in [0.25, 0.3) is 0 Å².